The molecule has 2 fully saturated rings. The van der Waals surface area contributed by atoms with Crippen molar-refractivity contribution in [3.8, 4) is 0 Å². The van der Waals surface area contributed by atoms with Crippen molar-refractivity contribution in [2.75, 3.05) is 38.1 Å². The Kier molecular flexibility index (Phi) is 7.06. The van der Waals surface area contributed by atoms with Crippen LogP contribution in [0.4, 0.5) is 11.4 Å². The first-order valence-corrected chi connectivity index (χ1v) is 9.38. The lowest BCUT2D eigenvalue weighted by Gasteiger charge is -2.36. The van der Waals surface area contributed by atoms with Gasteiger partial charge in [0, 0.05) is 44.4 Å². The minimum Gasteiger partial charge on any atom is -0.365 e. The molecule has 0 saturated carbocycles. The number of nitrogens with one attached hydrogen (secondary N) is 1. The molecule has 3 rings (SSSR count). The minimum atomic E-state index is -0.368. The Morgan fingerprint density at radius 3 is 2.52 bits per heavy atom. The molecule has 0 aliphatic carbocycles. The van der Waals surface area contributed by atoms with Crippen LogP contribution < -0.4 is 10.2 Å². The fourth-order valence-electron chi connectivity index (χ4n) is 4.27. The van der Waals surface area contributed by atoms with Crippen LogP contribution in [0.3, 0.4) is 0 Å². The second-order valence-electron chi connectivity index (χ2n) is 7.87. The lowest BCUT2D eigenvalue weighted by Crippen LogP contribution is -2.39. The molecule has 7 nitrogen and oxygen atoms in total. The standard InChI is InChI=1S/C19H28N4O3.ClH/c1-13-8-14(2)12-22(11-13)17-5-4-15(9-18(17)23(25)26)19(24)21(3)16-6-7-20-10-16;/h4-5,9,13-14,16,20H,6-8,10-12H2,1-3H3;1H. The van der Waals surface area contributed by atoms with Crippen LogP contribution in [0.25, 0.3) is 0 Å². The summed E-state index contributed by atoms with van der Waals surface area (Å²) in [5.74, 6) is 0.843. The molecule has 0 spiro atoms. The van der Waals surface area contributed by atoms with E-state index in [4.69, 9.17) is 0 Å². The lowest BCUT2D eigenvalue weighted by molar-refractivity contribution is -0.384. The van der Waals surface area contributed by atoms with Gasteiger partial charge in [0.25, 0.3) is 11.6 Å². The van der Waals surface area contributed by atoms with Gasteiger partial charge in [-0.3, -0.25) is 14.9 Å². The molecular formula is C19H29ClN4O3. The Hall–Kier alpha value is -1.86. The number of nitro groups is 1. The molecule has 1 N–H and O–H groups in total. The fourth-order valence-corrected chi connectivity index (χ4v) is 4.27. The number of piperidine rings is 1. The number of likely N-dealkylation sites (N-methyl/N-ethyl adjacent to an activating group) is 1. The van der Waals surface area contributed by atoms with Gasteiger partial charge in [-0.15, -0.1) is 12.4 Å². The highest BCUT2D eigenvalue weighted by Crippen LogP contribution is 2.34. The topological polar surface area (TPSA) is 78.7 Å². The van der Waals surface area contributed by atoms with Crippen molar-refractivity contribution >= 4 is 29.7 Å². The Balaban J connectivity index is 0.00000261. The summed E-state index contributed by atoms with van der Waals surface area (Å²) < 4.78 is 0. The summed E-state index contributed by atoms with van der Waals surface area (Å²) in [7, 11) is 1.77. The Morgan fingerprint density at radius 1 is 1.30 bits per heavy atom. The van der Waals surface area contributed by atoms with Crippen LogP contribution in [0, 0.1) is 22.0 Å². The largest absolute Gasteiger partial charge is 0.365 e. The van der Waals surface area contributed by atoms with E-state index < -0.39 is 0 Å². The third-order valence-electron chi connectivity index (χ3n) is 5.53. The SMILES string of the molecule is CC1CC(C)CN(c2ccc(C(=O)N(C)C3CCNC3)cc2[N+](=O)[O-])C1.Cl. The Labute approximate surface area is 166 Å². The molecule has 8 heteroatoms. The second-order valence-corrected chi connectivity index (χ2v) is 7.87. The maximum absolute atomic E-state index is 12.8. The predicted molar refractivity (Wildman–Crippen MR) is 109 cm³/mol. The number of benzene rings is 1. The van der Waals surface area contributed by atoms with E-state index in [1.54, 1.807) is 24.1 Å². The number of carbonyl (C=O) groups excluding carboxylic acids is 1. The van der Waals surface area contributed by atoms with E-state index in [1.807, 2.05) is 0 Å². The van der Waals surface area contributed by atoms with E-state index >= 15 is 0 Å². The summed E-state index contributed by atoms with van der Waals surface area (Å²) in [5.41, 5.74) is 1.03. The van der Waals surface area contributed by atoms with E-state index in [0.29, 0.717) is 23.1 Å². The molecule has 0 bridgehead atoms. The maximum Gasteiger partial charge on any atom is 0.293 e. The molecule has 27 heavy (non-hydrogen) atoms. The van der Waals surface area contributed by atoms with E-state index in [2.05, 4.69) is 24.1 Å². The Morgan fingerprint density at radius 2 is 1.96 bits per heavy atom. The van der Waals surface area contributed by atoms with Gasteiger partial charge >= 0.3 is 0 Å². The lowest BCUT2D eigenvalue weighted by atomic mass is 9.91. The van der Waals surface area contributed by atoms with Crippen LogP contribution >= 0.6 is 12.4 Å². The number of hydrogen-bond acceptors (Lipinski definition) is 5. The first-order valence-electron chi connectivity index (χ1n) is 9.38. The van der Waals surface area contributed by atoms with E-state index in [-0.39, 0.29) is 35.0 Å². The van der Waals surface area contributed by atoms with Crippen molar-refractivity contribution in [3.05, 3.63) is 33.9 Å². The van der Waals surface area contributed by atoms with Crippen LogP contribution in [0.1, 0.15) is 37.0 Å². The van der Waals surface area contributed by atoms with E-state index in [1.165, 1.54) is 6.07 Å². The average molecular weight is 397 g/mol. The van der Waals surface area contributed by atoms with E-state index in [9.17, 15) is 14.9 Å². The zero-order valence-electron chi connectivity index (χ0n) is 16.2. The number of halogens is 1. The molecule has 1 aromatic rings. The molecule has 1 aromatic carbocycles. The van der Waals surface area contributed by atoms with Crippen molar-refractivity contribution in [1.29, 1.82) is 0 Å². The summed E-state index contributed by atoms with van der Waals surface area (Å²) in [5, 5.41) is 14.9. The zero-order valence-corrected chi connectivity index (χ0v) is 17.0. The van der Waals surface area contributed by atoms with Crippen molar-refractivity contribution in [3.63, 3.8) is 0 Å². The number of rotatable bonds is 4. The number of nitrogens with zero attached hydrogens (tertiary/aromatic N) is 3. The normalized spacial score (nSPS) is 25.0. The molecule has 3 atom stereocenters. The van der Waals surface area contributed by atoms with Crippen molar-refractivity contribution in [1.82, 2.24) is 10.2 Å². The van der Waals surface area contributed by atoms with Gasteiger partial charge in [-0.2, -0.15) is 0 Å². The van der Waals surface area contributed by atoms with Crippen LogP contribution in [-0.4, -0.2) is 55.0 Å². The van der Waals surface area contributed by atoms with Gasteiger partial charge in [-0.1, -0.05) is 13.8 Å². The highest BCUT2D eigenvalue weighted by molar-refractivity contribution is 5.96. The quantitative estimate of drug-likeness (QED) is 0.625. The minimum absolute atomic E-state index is 0. The number of nitro benzene ring substituents is 1. The molecule has 3 unspecified atom stereocenters. The van der Waals surface area contributed by atoms with Gasteiger partial charge in [-0.05, 0) is 43.4 Å². The third-order valence-corrected chi connectivity index (χ3v) is 5.53. The number of anilines is 1. The maximum atomic E-state index is 12.8. The van der Waals surface area contributed by atoms with Crippen LogP contribution in [0.15, 0.2) is 18.2 Å². The molecule has 2 saturated heterocycles. The summed E-state index contributed by atoms with van der Waals surface area (Å²) in [6, 6.07) is 5.07. The summed E-state index contributed by atoms with van der Waals surface area (Å²) in [6.07, 6.45) is 2.05. The predicted octanol–water partition coefficient (Wildman–Crippen LogP) is 2.93. The molecule has 0 radical (unpaired) electrons. The molecule has 150 valence electrons. The molecule has 0 aromatic heterocycles. The molecule has 1 amide bonds. The van der Waals surface area contributed by atoms with Crippen LogP contribution in [0.5, 0.6) is 0 Å². The fraction of sp³-hybridized carbons (Fsp3) is 0.632. The zero-order chi connectivity index (χ0) is 18.8. The highest BCUT2D eigenvalue weighted by Gasteiger charge is 2.29. The summed E-state index contributed by atoms with van der Waals surface area (Å²) >= 11 is 0. The molecule has 2 heterocycles. The molecule has 2 aliphatic heterocycles. The first kappa shape index (κ1) is 21.4. The van der Waals surface area contributed by atoms with Crippen LogP contribution in [0.2, 0.25) is 0 Å². The summed E-state index contributed by atoms with van der Waals surface area (Å²) in [4.78, 5) is 27.9. The smallest absolute Gasteiger partial charge is 0.293 e. The number of hydrogen-bond donors (Lipinski definition) is 1. The number of carbonyl (C=O) groups is 1. The summed E-state index contributed by atoms with van der Waals surface area (Å²) in [6.45, 7) is 7.64. The van der Waals surface area contributed by atoms with Gasteiger partial charge < -0.3 is 15.1 Å². The van der Waals surface area contributed by atoms with Crippen molar-refractivity contribution < 1.29 is 9.72 Å². The molecular weight excluding hydrogens is 368 g/mol. The molecule has 2 aliphatic rings. The average Bonchev–Trinajstić information content (AvgIpc) is 3.13. The van der Waals surface area contributed by atoms with Crippen molar-refractivity contribution in [2.45, 2.75) is 32.7 Å². The number of amides is 1. The Bertz CT molecular complexity index is 684. The van der Waals surface area contributed by atoms with Gasteiger partial charge in [0.05, 0.1) is 4.92 Å². The monoisotopic (exact) mass is 396 g/mol. The van der Waals surface area contributed by atoms with Gasteiger partial charge in [-0.25, -0.2) is 0 Å². The second kappa shape index (κ2) is 8.89. The van der Waals surface area contributed by atoms with Gasteiger partial charge in [0.2, 0.25) is 0 Å². The van der Waals surface area contributed by atoms with Crippen molar-refractivity contribution in [2.24, 2.45) is 11.8 Å². The van der Waals surface area contributed by atoms with E-state index in [0.717, 1.165) is 39.0 Å². The van der Waals surface area contributed by atoms with Gasteiger partial charge in [0.1, 0.15) is 5.69 Å². The van der Waals surface area contributed by atoms with Gasteiger partial charge in [0.15, 0.2) is 0 Å². The highest BCUT2D eigenvalue weighted by atomic mass is 35.5. The van der Waals surface area contributed by atoms with Crippen LogP contribution in [-0.2, 0) is 0 Å². The third kappa shape index (κ3) is 4.71. The first-order chi connectivity index (χ1) is 12.4.